The quantitative estimate of drug-likeness (QED) is 0.473. The monoisotopic (exact) mass is 213 g/mol. The average Bonchev–Trinajstić information content (AvgIpc) is 2.33. The minimum Gasteiger partial charge on any atom is -0.421 e. The fourth-order valence-electron chi connectivity index (χ4n) is 1.31. The highest BCUT2D eigenvalue weighted by Crippen LogP contribution is 2.20. The van der Waals surface area contributed by atoms with Gasteiger partial charge in [-0.25, -0.2) is 4.79 Å². The molecule has 3 nitrogen and oxygen atoms in total. The van der Waals surface area contributed by atoms with Crippen LogP contribution in [0.25, 0.3) is 0 Å². The van der Waals surface area contributed by atoms with E-state index in [9.17, 15) is 4.79 Å². The molecule has 0 fully saturated rings. The zero-order valence-electron chi connectivity index (χ0n) is 8.59. The molecule has 0 amide bonds. The zero-order chi connectivity index (χ0) is 11.4. The number of nitrogen functional groups attached to an aromatic ring is 1. The molecule has 0 aliphatic rings. The summed E-state index contributed by atoms with van der Waals surface area (Å²) < 4.78 is 5.17. The van der Waals surface area contributed by atoms with Crippen LogP contribution in [-0.4, -0.2) is 5.97 Å². The Morgan fingerprint density at radius 2 is 1.56 bits per heavy atom. The number of nitrogens with two attached hydrogens (primary N) is 1. The maximum atomic E-state index is 11.7. The Hall–Kier alpha value is -2.29. The summed E-state index contributed by atoms with van der Waals surface area (Å²) in [6.45, 7) is 0. The molecular formula is C13H11NO2. The number of hydrogen-bond acceptors (Lipinski definition) is 3. The number of anilines is 1. The first-order valence-corrected chi connectivity index (χ1v) is 4.89. The summed E-state index contributed by atoms with van der Waals surface area (Å²) in [4.78, 5) is 11.7. The van der Waals surface area contributed by atoms with E-state index in [0.29, 0.717) is 17.0 Å². The third kappa shape index (κ3) is 2.20. The van der Waals surface area contributed by atoms with Crippen molar-refractivity contribution in [1.29, 1.82) is 0 Å². The highest BCUT2D eigenvalue weighted by molar-refractivity contribution is 5.91. The molecule has 16 heavy (non-hydrogen) atoms. The highest BCUT2D eigenvalue weighted by atomic mass is 16.5. The van der Waals surface area contributed by atoms with Gasteiger partial charge >= 0.3 is 5.97 Å². The molecule has 3 heteroatoms. The largest absolute Gasteiger partial charge is 0.421 e. The van der Waals surface area contributed by atoms with Gasteiger partial charge in [0.05, 0.1) is 11.3 Å². The van der Waals surface area contributed by atoms with E-state index in [2.05, 4.69) is 0 Å². The smallest absolute Gasteiger partial charge is 0.343 e. The normalized spacial score (nSPS) is 9.75. The van der Waals surface area contributed by atoms with E-state index in [-0.39, 0.29) is 0 Å². The van der Waals surface area contributed by atoms with Crippen molar-refractivity contribution in [3.8, 4) is 5.75 Å². The molecule has 2 rings (SSSR count). The summed E-state index contributed by atoms with van der Waals surface area (Å²) in [5.41, 5.74) is 6.63. The van der Waals surface area contributed by atoms with Crippen LogP contribution in [0.3, 0.4) is 0 Å². The summed E-state index contributed by atoms with van der Waals surface area (Å²) in [6.07, 6.45) is 0. The van der Waals surface area contributed by atoms with Crippen LogP contribution in [0, 0.1) is 0 Å². The van der Waals surface area contributed by atoms with E-state index in [1.807, 2.05) is 6.07 Å². The molecule has 0 saturated heterocycles. The summed E-state index contributed by atoms with van der Waals surface area (Å²) in [7, 11) is 0. The van der Waals surface area contributed by atoms with Crippen LogP contribution < -0.4 is 10.5 Å². The summed E-state index contributed by atoms with van der Waals surface area (Å²) in [6, 6.07) is 15.7. The van der Waals surface area contributed by atoms with Gasteiger partial charge in [-0.3, -0.25) is 0 Å². The van der Waals surface area contributed by atoms with Crippen molar-refractivity contribution >= 4 is 11.7 Å². The van der Waals surface area contributed by atoms with Crippen molar-refractivity contribution < 1.29 is 9.53 Å². The van der Waals surface area contributed by atoms with Crippen LogP contribution in [0.4, 0.5) is 5.69 Å². The van der Waals surface area contributed by atoms with Gasteiger partial charge in [-0.2, -0.15) is 0 Å². The van der Waals surface area contributed by atoms with Crippen molar-refractivity contribution in [1.82, 2.24) is 0 Å². The van der Waals surface area contributed by atoms with Gasteiger partial charge in [-0.05, 0) is 24.3 Å². The number of carbonyl (C=O) groups excluding carboxylic acids is 1. The lowest BCUT2D eigenvalue weighted by Crippen LogP contribution is -2.09. The molecule has 0 aliphatic carbocycles. The molecule has 0 spiro atoms. The van der Waals surface area contributed by atoms with E-state index in [1.54, 1.807) is 48.5 Å². The number of benzene rings is 2. The van der Waals surface area contributed by atoms with Crippen molar-refractivity contribution in [2.45, 2.75) is 0 Å². The molecule has 2 aromatic carbocycles. The zero-order valence-corrected chi connectivity index (χ0v) is 8.59. The fourth-order valence-corrected chi connectivity index (χ4v) is 1.31. The Bertz CT molecular complexity index is 494. The standard InChI is InChI=1S/C13H11NO2/c14-11-8-4-5-9-12(11)16-13(15)10-6-2-1-3-7-10/h1-9H,14H2. The molecule has 0 aliphatic heterocycles. The summed E-state index contributed by atoms with van der Waals surface area (Å²) in [5.74, 6) is -0.0187. The van der Waals surface area contributed by atoms with Crippen LogP contribution in [-0.2, 0) is 0 Å². The molecule has 0 unspecified atom stereocenters. The van der Waals surface area contributed by atoms with E-state index in [4.69, 9.17) is 10.5 Å². The number of esters is 1. The van der Waals surface area contributed by atoms with Gasteiger partial charge in [0.1, 0.15) is 0 Å². The van der Waals surface area contributed by atoms with Gasteiger partial charge in [0.15, 0.2) is 5.75 Å². The lowest BCUT2D eigenvalue weighted by molar-refractivity contribution is 0.0736. The van der Waals surface area contributed by atoms with Crippen molar-refractivity contribution in [2.75, 3.05) is 5.73 Å². The highest BCUT2D eigenvalue weighted by Gasteiger charge is 2.08. The van der Waals surface area contributed by atoms with Crippen molar-refractivity contribution in [2.24, 2.45) is 0 Å². The Morgan fingerprint density at radius 3 is 2.25 bits per heavy atom. The second-order valence-electron chi connectivity index (χ2n) is 3.29. The molecule has 80 valence electrons. The summed E-state index contributed by atoms with van der Waals surface area (Å²) in [5, 5.41) is 0. The molecule has 0 bridgehead atoms. The maximum Gasteiger partial charge on any atom is 0.343 e. The molecule has 0 aromatic heterocycles. The van der Waals surface area contributed by atoms with Crippen LogP contribution in [0.2, 0.25) is 0 Å². The van der Waals surface area contributed by atoms with E-state index in [1.165, 1.54) is 0 Å². The van der Waals surface area contributed by atoms with Gasteiger partial charge in [0.2, 0.25) is 0 Å². The SMILES string of the molecule is Nc1ccccc1OC(=O)c1ccccc1. The van der Waals surface area contributed by atoms with Crippen LogP contribution in [0.15, 0.2) is 54.6 Å². The van der Waals surface area contributed by atoms with Crippen LogP contribution in [0.5, 0.6) is 5.75 Å². The second-order valence-corrected chi connectivity index (χ2v) is 3.29. The van der Waals surface area contributed by atoms with Gasteiger partial charge in [-0.15, -0.1) is 0 Å². The van der Waals surface area contributed by atoms with Gasteiger partial charge in [0, 0.05) is 0 Å². The summed E-state index contributed by atoms with van der Waals surface area (Å²) >= 11 is 0. The first-order valence-electron chi connectivity index (χ1n) is 4.89. The first-order chi connectivity index (χ1) is 7.77. The Labute approximate surface area is 93.5 Å². The number of ether oxygens (including phenoxy) is 1. The van der Waals surface area contributed by atoms with Gasteiger partial charge in [0.25, 0.3) is 0 Å². The minimum atomic E-state index is -0.404. The molecular weight excluding hydrogens is 202 g/mol. The molecule has 0 atom stereocenters. The lowest BCUT2D eigenvalue weighted by Gasteiger charge is -2.06. The van der Waals surface area contributed by atoms with Crippen LogP contribution >= 0.6 is 0 Å². The molecule has 0 radical (unpaired) electrons. The molecule has 2 N–H and O–H groups in total. The number of rotatable bonds is 2. The minimum absolute atomic E-state index is 0.386. The lowest BCUT2D eigenvalue weighted by atomic mass is 10.2. The average molecular weight is 213 g/mol. The fraction of sp³-hybridized carbons (Fsp3) is 0. The first kappa shape index (κ1) is 10.2. The van der Waals surface area contributed by atoms with E-state index in [0.717, 1.165) is 0 Å². The Kier molecular flexibility index (Phi) is 2.87. The molecule has 0 saturated carbocycles. The third-order valence-electron chi connectivity index (χ3n) is 2.13. The van der Waals surface area contributed by atoms with Gasteiger partial charge in [-0.1, -0.05) is 30.3 Å². The molecule has 2 aromatic rings. The number of para-hydroxylation sites is 2. The second kappa shape index (κ2) is 4.49. The van der Waals surface area contributed by atoms with Crippen molar-refractivity contribution in [3.63, 3.8) is 0 Å². The Balaban J connectivity index is 2.18. The van der Waals surface area contributed by atoms with E-state index >= 15 is 0 Å². The van der Waals surface area contributed by atoms with Crippen molar-refractivity contribution in [3.05, 3.63) is 60.2 Å². The predicted octanol–water partition coefficient (Wildman–Crippen LogP) is 2.49. The topological polar surface area (TPSA) is 52.3 Å². The third-order valence-corrected chi connectivity index (χ3v) is 2.13. The predicted molar refractivity (Wildman–Crippen MR) is 62.3 cm³/mol. The molecule has 0 heterocycles. The number of carbonyl (C=O) groups is 1. The van der Waals surface area contributed by atoms with Gasteiger partial charge < -0.3 is 10.5 Å². The Morgan fingerprint density at radius 1 is 0.938 bits per heavy atom. The van der Waals surface area contributed by atoms with E-state index < -0.39 is 5.97 Å². The maximum absolute atomic E-state index is 11.7. The van der Waals surface area contributed by atoms with Crippen LogP contribution in [0.1, 0.15) is 10.4 Å². The number of hydrogen-bond donors (Lipinski definition) is 1.